The number of nitrogens with zero attached hydrogens (tertiary/aromatic N) is 1. The van der Waals surface area contributed by atoms with Gasteiger partial charge in [-0.1, -0.05) is 31.2 Å². The van der Waals surface area contributed by atoms with Crippen LogP contribution in [0, 0.1) is 31.3 Å². The molecular weight excluding hydrogens is 390 g/mol. The summed E-state index contributed by atoms with van der Waals surface area (Å²) in [6, 6.07) is 9.88. The molecule has 1 spiro atoms. The van der Waals surface area contributed by atoms with Gasteiger partial charge in [0.1, 0.15) is 5.76 Å². The van der Waals surface area contributed by atoms with E-state index in [-0.39, 0.29) is 28.9 Å². The van der Waals surface area contributed by atoms with Gasteiger partial charge in [-0.2, -0.15) is 0 Å². The molecule has 0 saturated carbocycles. The Kier molecular flexibility index (Phi) is 13.8. The third-order valence-corrected chi connectivity index (χ3v) is 4.42. The largest absolute Gasteiger partial charge is 0 e. The van der Waals surface area contributed by atoms with Crippen LogP contribution in [0.4, 0.5) is 5.69 Å². The number of anilines is 1. The number of ether oxygens (including phenoxy) is 1. The van der Waals surface area contributed by atoms with E-state index in [0.29, 0.717) is 0 Å². The number of methoxy groups -OCH3 is 1. The standard InChI is InChI=1S/C17H19NO2.3CO.Fe/c1-13-12-18(14-7-4-3-5-8-14)16(19)17(13)10-6-9-15(11-17)20-2;3*1-2;/h3-9,11,13H,10,12H2,1-2H3;;;;/t13-,17-;;;;/m1..../s1. The van der Waals surface area contributed by atoms with Gasteiger partial charge in [0.05, 0.1) is 12.5 Å². The molecule has 1 heterocycles. The van der Waals surface area contributed by atoms with Gasteiger partial charge in [-0.05, 0) is 36.6 Å². The van der Waals surface area contributed by atoms with Crippen molar-refractivity contribution >= 4 is 11.6 Å². The number of allylic oxidation sites excluding steroid dienone is 2. The minimum Gasteiger partial charge on any atom is 0 e. The topological polar surface area (TPSA) is 89.2 Å². The van der Waals surface area contributed by atoms with Crippen LogP contribution in [0.3, 0.4) is 0 Å². The van der Waals surface area contributed by atoms with Crippen molar-refractivity contribution in [1.82, 2.24) is 0 Å². The quantitative estimate of drug-likeness (QED) is 0.427. The van der Waals surface area contributed by atoms with E-state index in [1.165, 1.54) is 0 Å². The molecule has 27 heavy (non-hydrogen) atoms. The molecule has 3 rings (SSSR count). The molecule has 1 aliphatic heterocycles. The SMILES string of the molecule is COC1=C[C@@]2(CC=C1)C(=O)N(c1ccccc1)C[C@H]2C.[C-]#[O+].[C-]#[O+].[C-]#[O+].[Fe]. The first-order valence-corrected chi connectivity index (χ1v) is 7.59. The first-order valence-electron chi connectivity index (χ1n) is 7.59. The molecule has 0 unspecified atom stereocenters. The van der Waals surface area contributed by atoms with Gasteiger partial charge in [0.2, 0.25) is 5.91 Å². The van der Waals surface area contributed by atoms with E-state index < -0.39 is 5.41 Å². The summed E-state index contributed by atoms with van der Waals surface area (Å²) in [6.45, 7) is 16.4. The molecule has 6 nitrogen and oxygen atoms in total. The van der Waals surface area contributed by atoms with Gasteiger partial charge in [-0.15, -0.1) is 0 Å². The molecule has 1 aromatic carbocycles. The maximum atomic E-state index is 12.9. The number of carbonyl (C=O) groups is 1. The molecule has 0 bridgehead atoms. The fourth-order valence-corrected chi connectivity index (χ4v) is 3.16. The second-order valence-electron chi connectivity index (χ2n) is 5.55. The van der Waals surface area contributed by atoms with E-state index in [1.54, 1.807) is 7.11 Å². The van der Waals surface area contributed by atoms with E-state index in [9.17, 15) is 4.79 Å². The summed E-state index contributed by atoms with van der Waals surface area (Å²) < 4.78 is 27.8. The van der Waals surface area contributed by atoms with Gasteiger partial charge in [0, 0.05) is 29.3 Å². The summed E-state index contributed by atoms with van der Waals surface area (Å²) in [5.41, 5.74) is 0.527. The average molecular weight is 409 g/mol. The second kappa shape index (κ2) is 13.9. The molecule has 1 aromatic rings. The Balaban J connectivity index is 0. The number of carbonyl (C=O) groups excluding carboxylic acids is 1. The van der Waals surface area contributed by atoms with E-state index in [2.05, 4.69) is 26.9 Å². The minimum absolute atomic E-state index is 0. The summed E-state index contributed by atoms with van der Waals surface area (Å²) in [5.74, 6) is 1.23. The third-order valence-electron chi connectivity index (χ3n) is 4.42. The summed E-state index contributed by atoms with van der Waals surface area (Å²) >= 11 is 0. The van der Waals surface area contributed by atoms with Crippen molar-refractivity contribution in [3.8, 4) is 0 Å². The Morgan fingerprint density at radius 2 is 1.67 bits per heavy atom. The number of rotatable bonds is 2. The average Bonchev–Trinajstić information content (AvgIpc) is 2.98. The van der Waals surface area contributed by atoms with E-state index in [1.807, 2.05) is 53.5 Å². The van der Waals surface area contributed by atoms with Crippen LogP contribution in [0.1, 0.15) is 13.3 Å². The Morgan fingerprint density at radius 3 is 2.19 bits per heavy atom. The molecule has 1 aliphatic carbocycles. The van der Waals surface area contributed by atoms with Crippen LogP contribution in [0.2, 0.25) is 0 Å². The normalized spacial score (nSPS) is 21.6. The van der Waals surface area contributed by atoms with E-state index in [4.69, 9.17) is 18.7 Å². The van der Waals surface area contributed by atoms with Gasteiger partial charge in [-0.3, -0.25) is 4.79 Å². The van der Waals surface area contributed by atoms with Crippen LogP contribution in [-0.4, -0.2) is 19.6 Å². The third kappa shape index (κ3) is 5.85. The molecule has 2 atom stereocenters. The molecule has 0 radical (unpaired) electrons. The van der Waals surface area contributed by atoms with E-state index >= 15 is 0 Å². The number of hydrogen-bond acceptors (Lipinski definition) is 2. The zero-order valence-electron chi connectivity index (χ0n) is 15.0. The maximum Gasteiger partial charge on any atom is 0 e. The fraction of sp³-hybridized carbons (Fsp3) is 0.300. The van der Waals surface area contributed by atoms with E-state index in [0.717, 1.165) is 24.4 Å². The van der Waals surface area contributed by atoms with Crippen LogP contribution in [-0.2, 0) is 40.6 Å². The Labute approximate surface area is 169 Å². The maximum absolute atomic E-state index is 12.9. The van der Waals surface area contributed by atoms with Crippen molar-refractivity contribution < 1.29 is 40.6 Å². The van der Waals surface area contributed by atoms with Crippen molar-refractivity contribution in [3.05, 3.63) is 74.3 Å². The predicted octanol–water partition coefficient (Wildman–Crippen LogP) is 3.03. The van der Waals surface area contributed by atoms with Crippen molar-refractivity contribution in [1.29, 1.82) is 0 Å². The van der Waals surface area contributed by atoms with Gasteiger partial charge in [0.25, 0.3) is 0 Å². The summed E-state index contributed by atoms with van der Waals surface area (Å²) in [6.07, 6.45) is 6.74. The van der Waals surface area contributed by atoms with Crippen molar-refractivity contribution in [3.63, 3.8) is 0 Å². The molecule has 7 heteroatoms. The molecule has 1 fully saturated rings. The number of para-hydroxylation sites is 1. The number of hydrogen-bond donors (Lipinski definition) is 0. The van der Waals surface area contributed by atoms with Crippen LogP contribution >= 0.6 is 0 Å². The van der Waals surface area contributed by atoms with Crippen LogP contribution in [0.5, 0.6) is 0 Å². The zero-order chi connectivity index (χ0) is 20.2. The number of benzene rings is 1. The second-order valence-corrected chi connectivity index (χ2v) is 5.55. The zero-order valence-corrected chi connectivity index (χ0v) is 16.1. The van der Waals surface area contributed by atoms with Gasteiger partial charge >= 0.3 is 33.9 Å². The smallest absolute Gasteiger partial charge is 0 e. The first-order chi connectivity index (χ1) is 12.7. The van der Waals surface area contributed by atoms with Gasteiger partial charge < -0.3 is 9.64 Å². The molecular formula is C20H19FeNO5. The fourth-order valence-electron chi connectivity index (χ4n) is 3.16. The Bertz CT molecular complexity index is 694. The first kappa shape index (κ1) is 26.9. The van der Waals surface area contributed by atoms with Crippen molar-refractivity contribution in [2.45, 2.75) is 13.3 Å². The van der Waals surface area contributed by atoms with Gasteiger partial charge in [-0.25, -0.2) is 0 Å². The van der Waals surface area contributed by atoms with Crippen molar-refractivity contribution in [2.75, 3.05) is 18.6 Å². The summed E-state index contributed by atoms with van der Waals surface area (Å²) in [4.78, 5) is 14.8. The van der Waals surface area contributed by atoms with Crippen LogP contribution in [0.25, 0.3) is 0 Å². The van der Waals surface area contributed by atoms with Crippen molar-refractivity contribution in [2.24, 2.45) is 11.3 Å². The molecule has 1 saturated heterocycles. The molecule has 142 valence electrons. The molecule has 0 aromatic heterocycles. The van der Waals surface area contributed by atoms with Gasteiger partial charge in [0.15, 0.2) is 0 Å². The van der Waals surface area contributed by atoms with Crippen LogP contribution < -0.4 is 4.90 Å². The monoisotopic (exact) mass is 409 g/mol. The Hall–Kier alpha value is -2.29. The number of amides is 1. The summed E-state index contributed by atoms with van der Waals surface area (Å²) in [5, 5.41) is 0. The van der Waals surface area contributed by atoms with Crippen LogP contribution in [0.15, 0.2) is 54.3 Å². The summed E-state index contributed by atoms with van der Waals surface area (Å²) in [7, 11) is 1.65. The predicted molar refractivity (Wildman–Crippen MR) is 91.0 cm³/mol. The Morgan fingerprint density at radius 1 is 1.11 bits per heavy atom. The molecule has 2 aliphatic rings. The minimum atomic E-state index is -0.448. The molecule has 1 amide bonds. The molecule has 0 N–H and O–H groups in total.